The van der Waals surface area contributed by atoms with Crippen molar-refractivity contribution < 1.29 is 8.78 Å². The van der Waals surface area contributed by atoms with Crippen molar-refractivity contribution in [1.82, 2.24) is 19.9 Å². The highest BCUT2D eigenvalue weighted by atomic mass is 19.1. The Hall–Kier alpha value is -4.03. The van der Waals surface area contributed by atoms with E-state index in [-0.39, 0.29) is 5.56 Å². The summed E-state index contributed by atoms with van der Waals surface area (Å²) < 4.78 is 32.1. The van der Waals surface area contributed by atoms with Crippen molar-refractivity contribution >= 4 is 22.5 Å². The quantitative estimate of drug-likeness (QED) is 0.455. The fourth-order valence-electron chi connectivity index (χ4n) is 5.87. The number of imidazole rings is 1. The highest BCUT2D eigenvalue weighted by Gasteiger charge is 2.48. The summed E-state index contributed by atoms with van der Waals surface area (Å²) in [5.74, 6) is -0.653. The Morgan fingerprint density at radius 2 is 1.73 bits per heavy atom. The van der Waals surface area contributed by atoms with Crippen LogP contribution in [-0.2, 0) is 0 Å². The maximum atomic E-state index is 15.7. The number of nitrogens with one attached hydrogen (secondary N) is 1. The molecule has 0 aliphatic carbocycles. The second kappa shape index (κ2) is 8.25. The molecule has 1 spiro atoms. The van der Waals surface area contributed by atoms with Crippen LogP contribution in [0.25, 0.3) is 28.2 Å². The van der Waals surface area contributed by atoms with Crippen LogP contribution < -0.4 is 15.1 Å². The molecule has 5 heterocycles. The molecule has 1 N–H and O–H groups in total. The van der Waals surface area contributed by atoms with Crippen LogP contribution in [0.15, 0.2) is 48.7 Å². The molecule has 3 aliphatic rings. The van der Waals surface area contributed by atoms with Crippen LogP contribution >= 0.6 is 0 Å². The maximum absolute atomic E-state index is 15.7. The van der Waals surface area contributed by atoms with Crippen LogP contribution in [0.4, 0.5) is 20.2 Å². The van der Waals surface area contributed by atoms with Gasteiger partial charge in [-0.1, -0.05) is 0 Å². The summed E-state index contributed by atoms with van der Waals surface area (Å²) >= 11 is 0. The zero-order valence-corrected chi connectivity index (χ0v) is 20.2. The number of nitrogens with zero attached hydrogens (tertiary/aromatic N) is 6. The van der Waals surface area contributed by atoms with E-state index in [1.54, 1.807) is 29.0 Å². The second-order valence-corrected chi connectivity index (χ2v) is 10.4. The normalized spacial score (nSPS) is 18.2. The van der Waals surface area contributed by atoms with E-state index in [1.807, 2.05) is 18.2 Å². The molecule has 7 nitrogen and oxygen atoms in total. The lowest BCUT2D eigenvalue weighted by Crippen LogP contribution is -2.71. The SMILES string of the molecule is N#Cc1ccc(-c2nc3c(N4CC5(CNC5)C4)ccnc3n2-c2ccc(N3CCCC3)cc2F)cc1F. The van der Waals surface area contributed by atoms with Gasteiger partial charge in [0.2, 0.25) is 0 Å². The molecule has 7 rings (SSSR count). The molecular weight excluding hydrogens is 472 g/mol. The Morgan fingerprint density at radius 3 is 2.41 bits per heavy atom. The number of nitriles is 1. The molecule has 3 saturated heterocycles. The molecule has 0 atom stereocenters. The van der Waals surface area contributed by atoms with E-state index in [2.05, 4.69) is 20.1 Å². The summed E-state index contributed by atoms with van der Waals surface area (Å²) in [6.07, 6.45) is 3.93. The lowest BCUT2D eigenvalue weighted by molar-refractivity contribution is 0.121. The molecule has 37 heavy (non-hydrogen) atoms. The topological polar surface area (TPSA) is 73.0 Å². The monoisotopic (exact) mass is 497 g/mol. The van der Waals surface area contributed by atoms with Gasteiger partial charge in [-0.05, 0) is 55.3 Å². The molecule has 0 bridgehead atoms. The zero-order chi connectivity index (χ0) is 25.1. The summed E-state index contributed by atoms with van der Waals surface area (Å²) in [4.78, 5) is 14.0. The third-order valence-corrected chi connectivity index (χ3v) is 7.91. The number of anilines is 2. The molecule has 0 saturated carbocycles. The van der Waals surface area contributed by atoms with Crippen LogP contribution in [0.5, 0.6) is 0 Å². The highest BCUT2D eigenvalue weighted by molar-refractivity contribution is 5.91. The van der Waals surface area contributed by atoms with Gasteiger partial charge >= 0.3 is 0 Å². The minimum atomic E-state index is -0.640. The Balaban J connectivity index is 1.39. The third-order valence-electron chi connectivity index (χ3n) is 7.91. The number of aromatic nitrogens is 3. The molecular formula is C28H25F2N7. The van der Waals surface area contributed by atoms with Gasteiger partial charge in [0.25, 0.3) is 0 Å². The lowest BCUT2D eigenvalue weighted by Gasteiger charge is -2.57. The van der Waals surface area contributed by atoms with Gasteiger partial charge in [0.15, 0.2) is 5.65 Å². The summed E-state index contributed by atoms with van der Waals surface area (Å²) in [5.41, 5.74) is 3.96. The molecule has 3 aliphatic heterocycles. The van der Waals surface area contributed by atoms with Crippen molar-refractivity contribution in [3.63, 3.8) is 0 Å². The van der Waals surface area contributed by atoms with Gasteiger partial charge in [-0.2, -0.15) is 5.26 Å². The second-order valence-electron chi connectivity index (χ2n) is 10.4. The Labute approximate surface area is 213 Å². The van der Waals surface area contributed by atoms with Crippen LogP contribution in [-0.4, -0.2) is 53.8 Å². The number of rotatable bonds is 4. The lowest BCUT2D eigenvalue weighted by atomic mass is 9.74. The van der Waals surface area contributed by atoms with E-state index in [1.165, 1.54) is 12.1 Å². The van der Waals surface area contributed by atoms with Crippen molar-refractivity contribution in [2.45, 2.75) is 12.8 Å². The summed E-state index contributed by atoms with van der Waals surface area (Å²) in [6, 6.07) is 13.4. The fraction of sp³-hybridized carbons (Fsp3) is 0.321. The predicted octanol–water partition coefficient (Wildman–Crippen LogP) is 4.25. The van der Waals surface area contributed by atoms with E-state index in [9.17, 15) is 9.65 Å². The predicted molar refractivity (Wildman–Crippen MR) is 138 cm³/mol. The third kappa shape index (κ3) is 3.47. The van der Waals surface area contributed by atoms with Gasteiger partial charge in [-0.3, -0.25) is 4.57 Å². The molecule has 0 amide bonds. The number of halogens is 2. The van der Waals surface area contributed by atoms with Gasteiger partial charge in [-0.15, -0.1) is 0 Å². The Bertz CT molecular complexity index is 1570. The standard InChI is InChI=1S/C28H25F2N7/c29-21-11-18(3-4-19(21)13-31)26-34-25-24(36-16-28(17-36)14-32-15-28)7-8-33-27(25)37(26)23-6-5-20(12-22(23)30)35-9-1-2-10-35/h3-8,11-12,32H,1-2,9-10,14-17H2. The van der Waals surface area contributed by atoms with Crippen LogP contribution in [0.2, 0.25) is 0 Å². The average Bonchev–Trinajstić information content (AvgIpc) is 3.51. The maximum Gasteiger partial charge on any atom is 0.167 e. The molecule has 2 aromatic heterocycles. The van der Waals surface area contributed by atoms with E-state index in [0.29, 0.717) is 33.7 Å². The van der Waals surface area contributed by atoms with Gasteiger partial charge in [0.1, 0.15) is 29.0 Å². The Kier molecular flexibility index (Phi) is 4.95. The van der Waals surface area contributed by atoms with Gasteiger partial charge in [0.05, 0.1) is 16.9 Å². The van der Waals surface area contributed by atoms with Crippen molar-refractivity contribution in [2.24, 2.45) is 5.41 Å². The molecule has 0 unspecified atom stereocenters. The number of benzene rings is 2. The molecule has 9 heteroatoms. The minimum absolute atomic E-state index is 0.0497. The molecule has 4 aromatic rings. The van der Waals surface area contributed by atoms with Crippen LogP contribution in [0, 0.1) is 28.4 Å². The van der Waals surface area contributed by atoms with Crippen molar-refractivity contribution in [1.29, 1.82) is 5.26 Å². The van der Waals surface area contributed by atoms with E-state index < -0.39 is 11.6 Å². The largest absolute Gasteiger partial charge is 0.371 e. The van der Waals surface area contributed by atoms with E-state index in [4.69, 9.17) is 4.98 Å². The van der Waals surface area contributed by atoms with Gasteiger partial charge < -0.3 is 15.1 Å². The molecule has 3 fully saturated rings. The fourth-order valence-corrected chi connectivity index (χ4v) is 5.87. The number of pyridine rings is 1. The van der Waals surface area contributed by atoms with E-state index >= 15 is 4.39 Å². The smallest absolute Gasteiger partial charge is 0.167 e. The van der Waals surface area contributed by atoms with Crippen LogP contribution in [0.1, 0.15) is 18.4 Å². The minimum Gasteiger partial charge on any atom is -0.371 e. The Morgan fingerprint density at radius 1 is 0.919 bits per heavy atom. The highest BCUT2D eigenvalue weighted by Crippen LogP contribution is 2.41. The van der Waals surface area contributed by atoms with Gasteiger partial charge in [0, 0.05) is 62.1 Å². The zero-order valence-electron chi connectivity index (χ0n) is 20.2. The number of hydrogen-bond acceptors (Lipinski definition) is 6. The first-order valence-electron chi connectivity index (χ1n) is 12.6. The number of hydrogen-bond donors (Lipinski definition) is 1. The van der Waals surface area contributed by atoms with Crippen LogP contribution in [0.3, 0.4) is 0 Å². The van der Waals surface area contributed by atoms with Crippen molar-refractivity contribution in [3.05, 3.63) is 65.9 Å². The first kappa shape index (κ1) is 22.2. The molecule has 186 valence electrons. The summed E-state index contributed by atoms with van der Waals surface area (Å²) in [7, 11) is 0. The molecule has 0 radical (unpaired) electrons. The summed E-state index contributed by atoms with van der Waals surface area (Å²) in [6.45, 7) is 5.70. The first-order valence-corrected chi connectivity index (χ1v) is 12.6. The number of fused-ring (bicyclic) bond motifs is 1. The van der Waals surface area contributed by atoms with Gasteiger partial charge in [-0.25, -0.2) is 18.7 Å². The van der Waals surface area contributed by atoms with Crippen molar-refractivity contribution in [3.8, 4) is 23.1 Å². The average molecular weight is 498 g/mol. The first-order chi connectivity index (χ1) is 18.0. The summed E-state index contributed by atoms with van der Waals surface area (Å²) in [5, 5.41) is 12.5. The van der Waals surface area contributed by atoms with Crippen molar-refractivity contribution in [2.75, 3.05) is 49.1 Å². The molecule has 2 aromatic carbocycles. The van der Waals surface area contributed by atoms with E-state index in [0.717, 1.165) is 63.5 Å².